The molecule has 0 aliphatic rings. The van der Waals surface area contributed by atoms with Crippen molar-refractivity contribution >= 4 is 60.5 Å². The Labute approximate surface area is 180 Å². The van der Waals surface area contributed by atoms with E-state index in [0.717, 1.165) is 16.9 Å². The van der Waals surface area contributed by atoms with Gasteiger partial charge in [-0.25, -0.2) is 8.42 Å². The third kappa shape index (κ3) is 5.65. The van der Waals surface area contributed by atoms with Crippen LogP contribution >= 0.6 is 38.9 Å². The number of rotatable bonds is 7. The van der Waals surface area contributed by atoms with Gasteiger partial charge in [-0.2, -0.15) is 4.72 Å². The van der Waals surface area contributed by atoms with E-state index in [9.17, 15) is 13.2 Å². The molecular weight excluding hydrogens is 484 g/mol. The van der Waals surface area contributed by atoms with E-state index >= 15 is 0 Å². The molecule has 0 saturated carbocycles. The summed E-state index contributed by atoms with van der Waals surface area (Å²) in [4.78, 5) is 12.8. The topological polar surface area (TPSA) is 75.3 Å². The molecule has 0 aliphatic carbocycles. The van der Waals surface area contributed by atoms with Crippen molar-refractivity contribution in [1.82, 2.24) is 4.72 Å². The number of carbonyl (C=O) groups is 1. The fourth-order valence-corrected chi connectivity index (χ4v) is 5.84. The Bertz CT molecular complexity index is 1050. The smallest absolute Gasteiger partial charge is 0.250 e. The third-order valence-electron chi connectivity index (χ3n) is 3.82. The maximum atomic E-state index is 12.8. The third-order valence-corrected chi connectivity index (χ3v) is 7.66. The average molecular weight is 500 g/mol. The van der Waals surface area contributed by atoms with E-state index < -0.39 is 22.0 Å². The van der Waals surface area contributed by atoms with Crippen molar-refractivity contribution in [3.8, 4) is 0 Å². The summed E-state index contributed by atoms with van der Waals surface area (Å²) < 4.78 is 28.8. The summed E-state index contributed by atoms with van der Waals surface area (Å²) in [6.07, 6.45) is 0.214. The second kappa shape index (κ2) is 9.19. The number of sulfonamides is 1. The summed E-state index contributed by atoms with van der Waals surface area (Å²) in [5, 5.41) is 3.28. The van der Waals surface area contributed by atoms with Gasteiger partial charge in [-0.05, 0) is 64.3 Å². The summed E-state index contributed by atoms with van der Waals surface area (Å²) in [6.45, 7) is 0. The van der Waals surface area contributed by atoms with Crippen LogP contribution in [0, 0.1) is 0 Å². The van der Waals surface area contributed by atoms with Crippen molar-refractivity contribution in [2.45, 2.75) is 16.7 Å². The van der Waals surface area contributed by atoms with Crippen LogP contribution in [0.25, 0.3) is 0 Å². The first-order chi connectivity index (χ1) is 13.3. The second-order valence-electron chi connectivity index (χ2n) is 5.92. The molecule has 1 amide bonds. The Hall–Kier alpha value is -1.71. The van der Waals surface area contributed by atoms with Crippen LogP contribution in [-0.4, -0.2) is 20.4 Å². The van der Waals surface area contributed by atoms with Crippen LogP contribution in [-0.2, 0) is 21.2 Å². The summed E-state index contributed by atoms with van der Waals surface area (Å²) in [7, 11) is -3.85. The van der Waals surface area contributed by atoms with Gasteiger partial charge in [0.05, 0.1) is 3.79 Å². The molecule has 0 bridgehead atoms. The Balaban J connectivity index is 1.83. The first-order valence-electron chi connectivity index (χ1n) is 8.21. The van der Waals surface area contributed by atoms with Gasteiger partial charge < -0.3 is 5.32 Å². The number of carbonyl (C=O) groups excluding carboxylic acids is 1. The predicted molar refractivity (Wildman–Crippen MR) is 116 cm³/mol. The van der Waals surface area contributed by atoms with Crippen molar-refractivity contribution in [2.24, 2.45) is 0 Å². The van der Waals surface area contributed by atoms with Gasteiger partial charge in [-0.1, -0.05) is 41.9 Å². The Kier molecular flexibility index (Phi) is 6.90. The molecule has 2 aromatic carbocycles. The lowest BCUT2D eigenvalue weighted by Gasteiger charge is -2.18. The summed E-state index contributed by atoms with van der Waals surface area (Å²) >= 11 is 10.2. The summed E-state index contributed by atoms with van der Waals surface area (Å²) in [5.41, 5.74) is 1.37. The van der Waals surface area contributed by atoms with Crippen LogP contribution in [0.3, 0.4) is 0 Å². The van der Waals surface area contributed by atoms with Crippen molar-refractivity contribution < 1.29 is 13.2 Å². The zero-order valence-electron chi connectivity index (χ0n) is 14.4. The van der Waals surface area contributed by atoms with Crippen LogP contribution in [0.15, 0.2) is 74.7 Å². The Morgan fingerprint density at radius 2 is 1.71 bits per heavy atom. The number of anilines is 1. The fourth-order valence-electron chi connectivity index (χ4n) is 2.49. The largest absolute Gasteiger partial charge is 0.325 e. The Morgan fingerprint density at radius 3 is 2.32 bits per heavy atom. The molecule has 2 N–H and O–H groups in total. The number of benzene rings is 2. The van der Waals surface area contributed by atoms with Gasteiger partial charge in [0.1, 0.15) is 10.3 Å². The molecule has 0 spiro atoms. The van der Waals surface area contributed by atoms with Crippen molar-refractivity contribution in [3.63, 3.8) is 0 Å². The van der Waals surface area contributed by atoms with Gasteiger partial charge in [0.15, 0.2) is 0 Å². The van der Waals surface area contributed by atoms with Gasteiger partial charge in [-0.15, -0.1) is 11.3 Å². The fraction of sp³-hybridized carbons (Fsp3) is 0.105. The molecule has 3 aromatic rings. The van der Waals surface area contributed by atoms with Crippen LogP contribution in [0.5, 0.6) is 0 Å². The first kappa shape index (κ1) is 21.0. The lowest BCUT2D eigenvalue weighted by Crippen LogP contribution is -2.45. The maximum absolute atomic E-state index is 12.8. The number of halogens is 2. The van der Waals surface area contributed by atoms with Crippen molar-refractivity contribution in [1.29, 1.82) is 0 Å². The van der Waals surface area contributed by atoms with E-state index in [1.54, 1.807) is 30.3 Å². The van der Waals surface area contributed by atoms with Crippen molar-refractivity contribution in [3.05, 3.63) is 81.1 Å². The highest BCUT2D eigenvalue weighted by molar-refractivity contribution is 9.11. The minimum Gasteiger partial charge on any atom is -0.325 e. The zero-order valence-corrected chi connectivity index (χ0v) is 18.4. The quantitative estimate of drug-likeness (QED) is 0.495. The van der Waals surface area contributed by atoms with Gasteiger partial charge in [0, 0.05) is 10.7 Å². The molecule has 3 rings (SSSR count). The van der Waals surface area contributed by atoms with Crippen LogP contribution < -0.4 is 10.0 Å². The van der Waals surface area contributed by atoms with Crippen molar-refractivity contribution in [2.75, 3.05) is 5.32 Å². The minimum atomic E-state index is -3.85. The van der Waals surface area contributed by atoms with E-state index in [0.29, 0.717) is 14.5 Å². The lowest BCUT2D eigenvalue weighted by molar-refractivity contribution is -0.117. The molecule has 1 aromatic heterocycles. The van der Waals surface area contributed by atoms with E-state index in [2.05, 4.69) is 26.0 Å². The first-order valence-corrected chi connectivity index (χ1v) is 11.7. The molecular formula is C19H16BrClN2O3S2. The van der Waals surface area contributed by atoms with E-state index in [1.807, 2.05) is 30.3 Å². The number of nitrogens with one attached hydrogen (secondary N) is 2. The number of hydrogen-bond donors (Lipinski definition) is 2. The standard InChI is InChI=1S/C19H16BrClN2O3S2/c20-17-10-11-18(27-17)28(25,26)23-16(12-13-4-2-1-3-5-13)19(24)22-15-8-6-14(21)7-9-15/h1-11,16,23H,12H2,(H,22,24)/t16-/m1/s1. The van der Waals surface area contributed by atoms with E-state index in [4.69, 9.17) is 11.6 Å². The molecule has 0 saturated heterocycles. The van der Waals surface area contributed by atoms with Crippen LogP contribution in [0.2, 0.25) is 5.02 Å². The highest BCUT2D eigenvalue weighted by Gasteiger charge is 2.27. The molecule has 0 unspecified atom stereocenters. The van der Waals surface area contributed by atoms with Crippen LogP contribution in [0.1, 0.15) is 5.56 Å². The summed E-state index contributed by atoms with van der Waals surface area (Å²) in [6, 6.07) is 18.0. The summed E-state index contributed by atoms with van der Waals surface area (Å²) in [5.74, 6) is -0.453. The molecule has 5 nitrogen and oxygen atoms in total. The highest BCUT2D eigenvalue weighted by Crippen LogP contribution is 2.26. The second-order valence-corrected chi connectivity index (χ2v) is 10.8. The molecule has 0 radical (unpaired) electrons. The maximum Gasteiger partial charge on any atom is 0.250 e. The molecule has 0 fully saturated rings. The molecule has 28 heavy (non-hydrogen) atoms. The zero-order chi connectivity index (χ0) is 20.1. The van der Waals surface area contributed by atoms with E-state index in [1.165, 1.54) is 6.07 Å². The van der Waals surface area contributed by atoms with Gasteiger partial charge in [-0.3, -0.25) is 4.79 Å². The van der Waals surface area contributed by atoms with Gasteiger partial charge in [0.25, 0.3) is 10.0 Å². The lowest BCUT2D eigenvalue weighted by atomic mass is 10.1. The number of hydrogen-bond acceptors (Lipinski definition) is 4. The molecule has 0 aliphatic heterocycles. The van der Waals surface area contributed by atoms with Gasteiger partial charge >= 0.3 is 0 Å². The monoisotopic (exact) mass is 498 g/mol. The minimum absolute atomic E-state index is 0.136. The average Bonchev–Trinajstić information content (AvgIpc) is 3.11. The normalized spacial score (nSPS) is 12.5. The predicted octanol–water partition coefficient (Wildman–Crippen LogP) is 4.69. The van der Waals surface area contributed by atoms with E-state index in [-0.39, 0.29) is 10.6 Å². The van der Waals surface area contributed by atoms with Gasteiger partial charge in [0.2, 0.25) is 5.91 Å². The SMILES string of the molecule is O=C(Nc1ccc(Cl)cc1)[C@@H](Cc1ccccc1)NS(=O)(=O)c1ccc(Br)s1. The molecule has 146 valence electrons. The number of thiophene rings is 1. The molecule has 9 heteroatoms. The highest BCUT2D eigenvalue weighted by atomic mass is 79.9. The number of amides is 1. The van der Waals surface area contributed by atoms with Crippen LogP contribution in [0.4, 0.5) is 5.69 Å². The Morgan fingerprint density at radius 1 is 1.04 bits per heavy atom. The molecule has 1 atom stereocenters. The molecule has 1 heterocycles.